The summed E-state index contributed by atoms with van der Waals surface area (Å²) in [5, 5.41) is 8.60. The van der Waals surface area contributed by atoms with E-state index in [4.69, 9.17) is 0 Å². The topological polar surface area (TPSA) is 101 Å². The first-order chi connectivity index (χ1) is 9.10. The molecule has 0 bridgehead atoms. The van der Waals surface area contributed by atoms with Crippen molar-refractivity contribution in [1.29, 1.82) is 0 Å². The normalized spacial score (nSPS) is 12.1. The van der Waals surface area contributed by atoms with Crippen LogP contribution in [0.15, 0.2) is 23.6 Å². The molecule has 0 spiro atoms. The summed E-state index contributed by atoms with van der Waals surface area (Å²) in [6.45, 7) is 1.67. The van der Waals surface area contributed by atoms with Crippen LogP contribution in [0.5, 0.6) is 0 Å². The summed E-state index contributed by atoms with van der Waals surface area (Å²) in [7, 11) is 1.44. The summed E-state index contributed by atoms with van der Waals surface area (Å²) in [5.41, 5.74) is 0. The van der Waals surface area contributed by atoms with Crippen molar-refractivity contribution in [2.45, 2.75) is 17.3 Å². The Bertz CT molecular complexity index is 580. The van der Waals surface area contributed by atoms with Crippen molar-refractivity contribution < 1.29 is 9.59 Å². The van der Waals surface area contributed by atoms with E-state index in [1.54, 1.807) is 25.4 Å². The van der Waals surface area contributed by atoms with Crippen molar-refractivity contribution in [3.05, 3.63) is 18.5 Å². The Labute approximate surface area is 113 Å². The number of nitrogens with zero attached hydrogens (tertiary/aromatic N) is 4. The maximum Gasteiger partial charge on any atom is 0.321 e. The Balaban J connectivity index is 2.03. The minimum absolute atomic E-state index is 0.406. The van der Waals surface area contributed by atoms with Crippen LogP contribution >= 0.6 is 11.8 Å². The fraction of sp³-hybridized carbons (Fsp3) is 0.300. The van der Waals surface area contributed by atoms with Crippen LogP contribution in [0.1, 0.15) is 6.92 Å². The predicted octanol–water partition coefficient (Wildman–Crippen LogP) is 0.0605. The number of fused-ring (bicyclic) bond motifs is 1. The van der Waals surface area contributed by atoms with Crippen molar-refractivity contribution in [3.8, 4) is 0 Å². The van der Waals surface area contributed by atoms with Crippen LogP contribution in [-0.4, -0.2) is 43.8 Å². The summed E-state index contributed by atoms with van der Waals surface area (Å²) in [6, 6.07) is 1.19. The smallest absolute Gasteiger partial charge is 0.321 e. The van der Waals surface area contributed by atoms with Gasteiger partial charge in [0, 0.05) is 19.4 Å². The van der Waals surface area contributed by atoms with E-state index >= 15 is 0 Å². The molecule has 0 saturated heterocycles. The monoisotopic (exact) mass is 280 g/mol. The second-order valence-electron chi connectivity index (χ2n) is 3.59. The van der Waals surface area contributed by atoms with Crippen molar-refractivity contribution in [3.63, 3.8) is 0 Å². The molecule has 3 amide bonds. The van der Waals surface area contributed by atoms with Gasteiger partial charge in [0.1, 0.15) is 0 Å². The molecule has 2 aromatic heterocycles. The van der Waals surface area contributed by atoms with Gasteiger partial charge in [-0.25, -0.2) is 14.3 Å². The highest BCUT2D eigenvalue weighted by Gasteiger charge is 2.18. The Morgan fingerprint density at radius 1 is 1.47 bits per heavy atom. The van der Waals surface area contributed by atoms with E-state index in [9.17, 15) is 9.59 Å². The van der Waals surface area contributed by atoms with Crippen LogP contribution in [0.2, 0.25) is 0 Å². The molecular weight excluding hydrogens is 268 g/mol. The maximum absolute atomic E-state index is 11.7. The lowest BCUT2D eigenvalue weighted by molar-refractivity contribution is -0.119. The minimum atomic E-state index is -0.540. The lowest BCUT2D eigenvalue weighted by atomic mass is 10.4. The molecule has 100 valence electrons. The number of hydrogen-bond donors (Lipinski definition) is 2. The first-order valence-corrected chi connectivity index (χ1v) is 6.34. The van der Waals surface area contributed by atoms with Gasteiger partial charge >= 0.3 is 6.03 Å². The van der Waals surface area contributed by atoms with Gasteiger partial charge in [-0.05, 0) is 13.0 Å². The summed E-state index contributed by atoms with van der Waals surface area (Å²) in [5.74, 6) is 0.0556. The molecule has 2 heterocycles. The number of hydrogen-bond acceptors (Lipinski definition) is 6. The third-order valence-electron chi connectivity index (χ3n) is 2.21. The molecule has 0 fully saturated rings. The predicted molar refractivity (Wildman–Crippen MR) is 68.7 cm³/mol. The van der Waals surface area contributed by atoms with Crippen LogP contribution in [-0.2, 0) is 4.79 Å². The highest BCUT2D eigenvalue weighted by molar-refractivity contribution is 8.00. The Morgan fingerprint density at radius 2 is 2.26 bits per heavy atom. The fourth-order valence-corrected chi connectivity index (χ4v) is 2.00. The molecule has 2 aromatic rings. The largest absolute Gasteiger partial charge is 0.341 e. The molecule has 1 unspecified atom stereocenters. The van der Waals surface area contributed by atoms with Crippen LogP contribution in [0.3, 0.4) is 0 Å². The van der Waals surface area contributed by atoms with E-state index in [1.165, 1.54) is 11.6 Å². The Morgan fingerprint density at radius 3 is 2.95 bits per heavy atom. The van der Waals surface area contributed by atoms with E-state index in [0.29, 0.717) is 10.9 Å². The van der Waals surface area contributed by atoms with Gasteiger partial charge in [-0.1, -0.05) is 11.8 Å². The maximum atomic E-state index is 11.7. The molecule has 9 heteroatoms. The number of thioether (sulfide) groups is 1. The van der Waals surface area contributed by atoms with E-state index in [0.717, 1.165) is 11.8 Å². The molecule has 0 saturated carbocycles. The average molecular weight is 280 g/mol. The Kier molecular flexibility index (Phi) is 3.95. The SMILES string of the molecule is CNC(=O)NC(=O)C(C)Sc1nc2ncccn2n1. The number of carbonyl (C=O) groups is 2. The second kappa shape index (κ2) is 5.65. The highest BCUT2D eigenvalue weighted by Crippen LogP contribution is 2.19. The average Bonchev–Trinajstić information content (AvgIpc) is 2.80. The number of carbonyl (C=O) groups excluding carboxylic acids is 2. The molecule has 2 rings (SSSR count). The molecule has 0 aliphatic rings. The van der Waals surface area contributed by atoms with Crippen molar-refractivity contribution >= 4 is 29.5 Å². The lowest BCUT2D eigenvalue weighted by Gasteiger charge is -2.08. The third kappa shape index (κ3) is 3.19. The van der Waals surface area contributed by atoms with Crippen LogP contribution in [0, 0.1) is 0 Å². The van der Waals surface area contributed by atoms with E-state index in [-0.39, 0.29) is 0 Å². The van der Waals surface area contributed by atoms with Gasteiger partial charge in [0.25, 0.3) is 5.78 Å². The first kappa shape index (κ1) is 13.3. The van der Waals surface area contributed by atoms with Gasteiger partial charge in [-0.2, -0.15) is 4.98 Å². The van der Waals surface area contributed by atoms with Gasteiger partial charge in [-0.3, -0.25) is 10.1 Å². The quantitative estimate of drug-likeness (QED) is 0.771. The molecule has 19 heavy (non-hydrogen) atoms. The molecule has 2 N–H and O–H groups in total. The van der Waals surface area contributed by atoms with Crippen molar-refractivity contribution in [2.75, 3.05) is 7.05 Å². The van der Waals surface area contributed by atoms with E-state index < -0.39 is 17.2 Å². The third-order valence-corrected chi connectivity index (χ3v) is 3.16. The summed E-state index contributed by atoms with van der Waals surface area (Å²) in [4.78, 5) is 30.9. The van der Waals surface area contributed by atoms with Gasteiger partial charge in [0.2, 0.25) is 11.1 Å². The lowest BCUT2D eigenvalue weighted by Crippen LogP contribution is -2.41. The van der Waals surface area contributed by atoms with E-state index in [1.807, 2.05) is 0 Å². The molecule has 8 nitrogen and oxygen atoms in total. The fourth-order valence-electron chi connectivity index (χ4n) is 1.25. The first-order valence-electron chi connectivity index (χ1n) is 5.47. The molecule has 1 atom stereocenters. The summed E-state index contributed by atoms with van der Waals surface area (Å²) in [6.07, 6.45) is 3.33. The van der Waals surface area contributed by atoms with E-state index in [2.05, 4.69) is 25.7 Å². The standard InChI is InChI=1S/C10H12N6O2S/c1-6(7(17)13-9(18)11-2)19-10-14-8-12-4-3-5-16(8)15-10/h3-6H,1-2H3,(H2,11,13,17,18). The molecule has 0 radical (unpaired) electrons. The number of imide groups is 1. The summed E-state index contributed by atoms with van der Waals surface area (Å²) < 4.78 is 1.52. The Hall–Kier alpha value is -2.16. The molecule has 0 aliphatic heterocycles. The second-order valence-corrected chi connectivity index (χ2v) is 4.90. The number of aromatic nitrogens is 4. The van der Waals surface area contributed by atoms with Crippen molar-refractivity contribution in [2.24, 2.45) is 0 Å². The zero-order valence-electron chi connectivity index (χ0n) is 10.3. The van der Waals surface area contributed by atoms with Crippen LogP contribution < -0.4 is 10.6 Å². The number of amides is 3. The molecule has 0 aliphatic carbocycles. The number of nitrogens with one attached hydrogen (secondary N) is 2. The minimum Gasteiger partial charge on any atom is -0.341 e. The van der Waals surface area contributed by atoms with Gasteiger partial charge in [0.05, 0.1) is 5.25 Å². The molecule has 0 aromatic carbocycles. The zero-order valence-corrected chi connectivity index (χ0v) is 11.1. The van der Waals surface area contributed by atoms with Gasteiger partial charge in [0.15, 0.2) is 0 Å². The zero-order chi connectivity index (χ0) is 13.8. The number of urea groups is 1. The van der Waals surface area contributed by atoms with Crippen molar-refractivity contribution in [1.82, 2.24) is 30.2 Å². The van der Waals surface area contributed by atoms with Gasteiger partial charge < -0.3 is 5.32 Å². The highest BCUT2D eigenvalue weighted by atomic mass is 32.2. The van der Waals surface area contributed by atoms with Crippen LogP contribution in [0.4, 0.5) is 4.79 Å². The molecular formula is C10H12N6O2S. The van der Waals surface area contributed by atoms with Gasteiger partial charge in [-0.15, -0.1) is 5.10 Å². The number of rotatable bonds is 3. The summed E-state index contributed by atoms with van der Waals surface area (Å²) >= 11 is 1.15. The van der Waals surface area contributed by atoms with Crippen LogP contribution in [0.25, 0.3) is 5.78 Å².